The Labute approximate surface area is 156 Å². The van der Waals surface area contributed by atoms with Crippen molar-refractivity contribution in [2.24, 2.45) is 0 Å². The average Bonchev–Trinajstić information content (AvgIpc) is 3.09. The molecule has 0 radical (unpaired) electrons. The van der Waals surface area contributed by atoms with Crippen LogP contribution in [0.4, 0.5) is 0 Å². The minimum absolute atomic E-state index is 0.534. The van der Waals surface area contributed by atoms with Crippen LogP contribution in [0.15, 0.2) is 54.6 Å². The lowest BCUT2D eigenvalue weighted by Gasteiger charge is -2.32. The molecule has 0 N–H and O–H groups in total. The molecule has 2 aromatic carbocycles. The zero-order chi connectivity index (χ0) is 20.6. The lowest BCUT2D eigenvalue weighted by molar-refractivity contribution is -0.0117. The first-order chi connectivity index (χ1) is 13.1. The Bertz CT molecular complexity index is 800. The van der Waals surface area contributed by atoms with Gasteiger partial charge in [-0.3, -0.25) is 0 Å². The molecule has 0 bridgehead atoms. The van der Waals surface area contributed by atoms with Crippen LogP contribution in [-0.2, 0) is 10.3 Å². The zero-order valence-corrected chi connectivity index (χ0v) is 14.9. The first-order valence-corrected chi connectivity index (χ1v) is 8.68. The van der Waals surface area contributed by atoms with Gasteiger partial charge < -0.3 is 9.64 Å². The molecule has 0 aromatic heterocycles. The summed E-state index contributed by atoms with van der Waals surface area (Å²) in [5.74, 6) is 0. The Balaban J connectivity index is 2.02. The molecular weight excluding hydrogens is 318 g/mol. The Hall–Kier alpha value is -1.35. The highest BCUT2D eigenvalue weighted by Crippen LogP contribution is 2.34. The molecule has 0 aliphatic carbocycles. The molecule has 1 aliphatic rings. The minimum Gasteiger partial charge on any atom is -0.366 e. The second-order valence-electron chi connectivity index (χ2n) is 6.39. The van der Waals surface area contributed by atoms with E-state index >= 15 is 0 Å². The molecule has 2 nitrogen and oxygen atoms in total. The van der Waals surface area contributed by atoms with Gasteiger partial charge in [0.2, 0.25) is 0 Å². The van der Waals surface area contributed by atoms with Gasteiger partial charge in [-0.1, -0.05) is 54.1 Å². The third-order valence-corrected chi connectivity index (χ3v) is 4.97. The van der Waals surface area contributed by atoms with Crippen LogP contribution in [0.2, 0.25) is 5.02 Å². The summed E-state index contributed by atoms with van der Waals surface area (Å²) >= 11 is 6.04. The summed E-state index contributed by atoms with van der Waals surface area (Å²) in [5.41, 5.74) is 0.277. The number of likely N-dealkylation sites (tertiary alicyclic amines) is 1. The number of hydrogen-bond acceptors (Lipinski definition) is 2. The summed E-state index contributed by atoms with van der Waals surface area (Å²) in [6.07, 6.45) is -0.722. The lowest BCUT2D eigenvalue weighted by atomic mass is 9.88. The van der Waals surface area contributed by atoms with Gasteiger partial charge in [0.05, 0.1) is 2.74 Å². The first-order valence-electron chi connectivity index (χ1n) is 10.3. The number of ether oxygens (including phenoxy) is 1. The summed E-state index contributed by atoms with van der Waals surface area (Å²) in [6, 6.07) is 15.9. The van der Waals surface area contributed by atoms with Crippen molar-refractivity contribution in [1.29, 1.82) is 0 Å². The van der Waals surface area contributed by atoms with E-state index in [-0.39, 0.29) is 0 Å². The highest BCUT2D eigenvalue weighted by atomic mass is 35.5. The molecule has 128 valence electrons. The molecular formula is C21H26ClNO. The van der Waals surface area contributed by atoms with Crippen LogP contribution >= 0.6 is 11.6 Å². The number of benzene rings is 2. The van der Waals surface area contributed by atoms with Gasteiger partial charge in [-0.15, -0.1) is 0 Å². The second-order valence-corrected chi connectivity index (χ2v) is 6.83. The fraction of sp³-hybridized carbons (Fsp3) is 0.429. The van der Waals surface area contributed by atoms with E-state index in [1.54, 1.807) is 31.2 Å². The maximum atomic E-state index is 8.60. The Kier molecular flexibility index (Phi) is 4.14. The zero-order valence-electron chi connectivity index (χ0n) is 18.1. The van der Waals surface area contributed by atoms with E-state index in [0.717, 1.165) is 18.5 Å². The highest BCUT2D eigenvalue weighted by molar-refractivity contribution is 6.30. The van der Waals surface area contributed by atoms with Crippen molar-refractivity contribution in [1.82, 2.24) is 4.90 Å². The van der Waals surface area contributed by atoms with E-state index in [2.05, 4.69) is 0 Å². The predicted molar refractivity (Wildman–Crippen MR) is 101 cm³/mol. The van der Waals surface area contributed by atoms with Crippen molar-refractivity contribution >= 4 is 11.6 Å². The lowest BCUT2D eigenvalue weighted by Crippen LogP contribution is -2.31. The maximum absolute atomic E-state index is 8.60. The van der Waals surface area contributed by atoms with Gasteiger partial charge in [-0.2, -0.15) is 0 Å². The fourth-order valence-electron chi connectivity index (χ4n) is 3.10. The Morgan fingerprint density at radius 3 is 2.46 bits per heavy atom. The quantitative estimate of drug-likeness (QED) is 0.720. The molecule has 0 spiro atoms. The molecule has 1 saturated heterocycles. The van der Waals surface area contributed by atoms with Crippen LogP contribution in [0.1, 0.15) is 42.7 Å². The third kappa shape index (κ3) is 3.83. The van der Waals surface area contributed by atoms with E-state index in [9.17, 15) is 0 Å². The number of rotatable bonds is 6. The summed E-state index contributed by atoms with van der Waals surface area (Å²) in [5, 5.41) is 0.574. The van der Waals surface area contributed by atoms with Crippen molar-refractivity contribution in [3.8, 4) is 0 Å². The van der Waals surface area contributed by atoms with Crippen molar-refractivity contribution in [3.63, 3.8) is 0 Å². The molecule has 1 unspecified atom stereocenters. The van der Waals surface area contributed by atoms with E-state index < -0.39 is 24.6 Å². The fourth-order valence-corrected chi connectivity index (χ4v) is 3.23. The van der Waals surface area contributed by atoms with Crippen LogP contribution in [0.5, 0.6) is 0 Å². The van der Waals surface area contributed by atoms with Gasteiger partial charge in [0, 0.05) is 20.4 Å². The van der Waals surface area contributed by atoms with Gasteiger partial charge in [0.15, 0.2) is 0 Å². The number of hydrogen-bond donors (Lipinski definition) is 0. The van der Waals surface area contributed by atoms with E-state index in [0.29, 0.717) is 17.0 Å². The van der Waals surface area contributed by atoms with E-state index in [1.165, 1.54) is 0 Å². The van der Waals surface area contributed by atoms with Crippen LogP contribution in [0.25, 0.3) is 0 Å². The first kappa shape index (κ1) is 12.9. The molecule has 24 heavy (non-hydrogen) atoms. The largest absolute Gasteiger partial charge is 0.366 e. The predicted octanol–water partition coefficient (Wildman–Crippen LogP) is 5.10. The molecule has 3 heteroatoms. The van der Waals surface area contributed by atoms with E-state index in [4.69, 9.17) is 21.8 Å². The van der Waals surface area contributed by atoms with Crippen LogP contribution < -0.4 is 0 Å². The highest BCUT2D eigenvalue weighted by Gasteiger charge is 2.30. The molecule has 0 amide bonds. The summed E-state index contributed by atoms with van der Waals surface area (Å²) in [4.78, 5) is 1.88. The molecule has 1 heterocycles. The minimum atomic E-state index is -2.51. The molecule has 1 aliphatic heterocycles. The van der Waals surface area contributed by atoms with Crippen molar-refractivity contribution < 1.29 is 10.2 Å². The summed E-state index contributed by atoms with van der Waals surface area (Å²) in [7, 11) is 1.83. The summed E-state index contributed by atoms with van der Waals surface area (Å²) < 4.78 is 40.4. The van der Waals surface area contributed by atoms with Crippen LogP contribution in [0.3, 0.4) is 0 Å². The Morgan fingerprint density at radius 1 is 1.17 bits per heavy atom. The second kappa shape index (κ2) is 7.69. The van der Waals surface area contributed by atoms with Gasteiger partial charge in [0.1, 0.15) is 5.60 Å². The van der Waals surface area contributed by atoms with Crippen molar-refractivity contribution in [3.05, 3.63) is 70.7 Å². The van der Waals surface area contributed by atoms with Gasteiger partial charge in [0.25, 0.3) is 0 Å². The number of nitrogens with zero attached hydrogens (tertiary/aromatic N) is 1. The van der Waals surface area contributed by atoms with Crippen LogP contribution in [0, 0.1) is 0 Å². The third-order valence-electron chi connectivity index (χ3n) is 4.72. The molecule has 1 fully saturated rings. The van der Waals surface area contributed by atoms with Gasteiger partial charge in [-0.05, 0) is 63.0 Å². The normalized spacial score (nSPS) is 24.5. The van der Waals surface area contributed by atoms with Crippen molar-refractivity contribution in [2.45, 2.75) is 37.8 Å². The molecule has 3 rings (SSSR count). The topological polar surface area (TPSA) is 12.5 Å². The van der Waals surface area contributed by atoms with Crippen molar-refractivity contribution in [2.75, 3.05) is 20.2 Å². The Morgan fingerprint density at radius 2 is 1.83 bits per heavy atom. The van der Waals surface area contributed by atoms with Gasteiger partial charge >= 0.3 is 0 Å². The monoisotopic (exact) mass is 347 g/mol. The maximum Gasteiger partial charge on any atom is 0.115 e. The molecule has 0 saturated carbocycles. The van der Waals surface area contributed by atoms with E-state index in [1.807, 2.05) is 42.3 Å². The number of halogens is 1. The van der Waals surface area contributed by atoms with Gasteiger partial charge in [-0.25, -0.2) is 0 Å². The molecule has 2 atom stereocenters. The summed E-state index contributed by atoms with van der Waals surface area (Å²) in [6.45, 7) is 0.0196. The SMILES string of the molecule is [2H]C([2H])(OC(C)(c1ccccc1)c1ccc(Cl)cc1)C([2H])([2H])[C@H]1CCCN1C. The van der Waals surface area contributed by atoms with Crippen LogP contribution in [-0.4, -0.2) is 31.1 Å². The molecule has 2 aromatic rings. The average molecular weight is 348 g/mol. The standard InChI is InChI=1S/C21H26ClNO/c1-21(17-7-4-3-5-8-17,18-10-12-19(22)13-11-18)24-16-14-20-9-6-15-23(20)2/h3-5,7-8,10-13,20H,6,9,14-16H2,1-2H3/t20-,21?/m1/s1/i14D2,16D2. The smallest absolute Gasteiger partial charge is 0.115 e.